The van der Waals surface area contributed by atoms with E-state index in [9.17, 15) is 9.59 Å². The maximum absolute atomic E-state index is 11.8. The standard InChI is InChI=1S/C13H11NO3/c15-9-17-8-14-13(16)12-7-3-5-10-4-1-2-6-11(10)12/h1-7,9H,8H2,(H,14,16). The van der Waals surface area contributed by atoms with Gasteiger partial charge in [0.15, 0.2) is 6.73 Å². The number of rotatable bonds is 4. The second-order valence-corrected chi connectivity index (χ2v) is 3.44. The molecule has 0 saturated heterocycles. The van der Waals surface area contributed by atoms with Gasteiger partial charge in [-0.3, -0.25) is 9.59 Å². The van der Waals surface area contributed by atoms with E-state index in [0.29, 0.717) is 12.0 Å². The summed E-state index contributed by atoms with van der Waals surface area (Å²) < 4.78 is 4.43. The van der Waals surface area contributed by atoms with Crippen molar-refractivity contribution in [2.45, 2.75) is 0 Å². The molecule has 0 aliphatic rings. The van der Waals surface area contributed by atoms with Gasteiger partial charge in [0, 0.05) is 5.56 Å². The summed E-state index contributed by atoms with van der Waals surface area (Å²) in [5, 5.41) is 4.37. The van der Waals surface area contributed by atoms with Crippen molar-refractivity contribution in [3.8, 4) is 0 Å². The minimum atomic E-state index is -0.261. The van der Waals surface area contributed by atoms with Gasteiger partial charge in [0.25, 0.3) is 12.4 Å². The molecule has 0 atom stereocenters. The van der Waals surface area contributed by atoms with Crippen LogP contribution >= 0.6 is 0 Å². The average Bonchev–Trinajstić information content (AvgIpc) is 2.38. The minimum Gasteiger partial charge on any atom is -0.447 e. The molecule has 17 heavy (non-hydrogen) atoms. The molecule has 2 aromatic rings. The van der Waals surface area contributed by atoms with Crippen LogP contribution in [0, 0.1) is 0 Å². The quantitative estimate of drug-likeness (QED) is 0.493. The maximum Gasteiger partial charge on any atom is 0.294 e. The molecular weight excluding hydrogens is 218 g/mol. The van der Waals surface area contributed by atoms with Crippen LogP contribution in [0.4, 0.5) is 0 Å². The van der Waals surface area contributed by atoms with Crippen molar-refractivity contribution in [3.05, 3.63) is 48.0 Å². The zero-order valence-electron chi connectivity index (χ0n) is 9.05. The van der Waals surface area contributed by atoms with Crippen LogP contribution < -0.4 is 5.32 Å². The number of benzene rings is 2. The normalized spacial score (nSPS) is 9.88. The predicted octanol–water partition coefficient (Wildman–Crippen LogP) is 1.70. The Bertz CT molecular complexity index is 546. The number of ether oxygens (including phenoxy) is 1. The van der Waals surface area contributed by atoms with Gasteiger partial charge in [-0.25, -0.2) is 0 Å². The van der Waals surface area contributed by atoms with Crippen molar-refractivity contribution in [1.82, 2.24) is 5.32 Å². The summed E-state index contributed by atoms with van der Waals surface area (Å²) in [6.07, 6.45) is 0. The Morgan fingerprint density at radius 1 is 1.18 bits per heavy atom. The van der Waals surface area contributed by atoms with Gasteiger partial charge in [-0.05, 0) is 16.8 Å². The Morgan fingerprint density at radius 3 is 2.76 bits per heavy atom. The second-order valence-electron chi connectivity index (χ2n) is 3.44. The van der Waals surface area contributed by atoms with Crippen molar-refractivity contribution in [3.63, 3.8) is 0 Å². The van der Waals surface area contributed by atoms with Gasteiger partial charge in [0.05, 0.1) is 0 Å². The lowest BCUT2D eigenvalue weighted by Gasteiger charge is -2.06. The fourth-order valence-electron chi connectivity index (χ4n) is 1.66. The topological polar surface area (TPSA) is 55.4 Å². The molecule has 0 unspecified atom stereocenters. The number of nitrogens with one attached hydrogen (secondary N) is 1. The largest absolute Gasteiger partial charge is 0.447 e. The van der Waals surface area contributed by atoms with Crippen LogP contribution in [0.3, 0.4) is 0 Å². The van der Waals surface area contributed by atoms with E-state index in [1.54, 1.807) is 6.07 Å². The fraction of sp³-hybridized carbons (Fsp3) is 0.0769. The van der Waals surface area contributed by atoms with Crippen LogP contribution in [0.25, 0.3) is 10.8 Å². The lowest BCUT2D eigenvalue weighted by molar-refractivity contribution is -0.129. The van der Waals surface area contributed by atoms with Crippen molar-refractivity contribution in [2.24, 2.45) is 0 Å². The van der Waals surface area contributed by atoms with Crippen LogP contribution in [0.2, 0.25) is 0 Å². The first kappa shape index (κ1) is 11.1. The lowest BCUT2D eigenvalue weighted by atomic mass is 10.0. The Labute approximate surface area is 98.2 Å². The van der Waals surface area contributed by atoms with Gasteiger partial charge in [-0.15, -0.1) is 0 Å². The highest BCUT2D eigenvalue weighted by atomic mass is 16.5. The molecule has 0 fully saturated rings. The number of hydrogen-bond acceptors (Lipinski definition) is 3. The molecule has 4 heteroatoms. The van der Waals surface area contributed by atoms with E-state index in [1.165, 1.54) is 0 Å². The number of amides is 1. The summed E-state index contributed by atoms with van der Waals surface area (Å²) in [6.45, 7) is 0.176. The van der Waals surface area contributed by atoms with E-state index < -0.39 is 0 Å². The smallest absolute Gasteiger partial charge is 0.294 e. The monoisotopic (exact) mass is 229 g/mol. The summed E-state index contributed by atoms with van der Waals surface area (Å²) in [4.78, 5) is 21.8. The van der Waals surface area contributed by atoms with E-state index in [1.807, 2.05) is 36.4 Å². The Kier molecular flexibility index (Phi) is 3.35. The van der Waals surface area contributed by atoms with E-state index in [-0.39, 0.29) is 12.6 Å². The third-order valence-corrected chi connectivity index (χ3v) is 2.42. The van der Waals surface area contributed by atoms with E-state index >= 15 is 0 Å². The molecule has 0 heterocycles. The number of carbonyl (C=O) groups excluding carboxylic acids is 2. The number of hydrogen-bond donors (Lipinski definition) is 1. The molecule has 1 N–H and O–H groups in total. The van der Waals surface area contributed by atoms with Gasteiger partial charge in [-0.2, -0.15) is 0 Å². The summed E-state index contributed by atoms with van der Waals surface area (Å²) in [7, 11) is 0. The molecule has 0 bridgehead atoms. The van der Waals surface area contributed by atoms with Crippen LogP contribution in [0.1, 0.15) is 10.4 Å². The van der Waals surface area contributed by atoms with Crippen molar-refractivity contribution in [1.29, 1.82) is 0 Å². The molecule has 0 saturated carbocycles. The summed E-state index contributed by atoms with van der Waals surface area (Å²) in [5.74, 6) is -0.261. The highest BCUT2D eigenvalue weighted by Crippen LogP contribution is 2.18. The second kappa shape index (κ2) is 5.12. The van der Waals surface area contributed by atoms with Crippen molar-refractivity contribution < 1.29 is 14.3 Å². The van der Waals surface area contributed by atoms with E-state index in [2.05, 4.69) is 10.1 Å². The van der Waals surface area contributed by atoms with Crippen LogP contribution in [0.15, 0.2) is 42.5 Å². The first-order chi connectivity index (χ1) is 8.33. The Balaban J connectivity index is 2.28. The Hall–Kier alpha value is -2.36. The summed E-state index contributed by atoms with van der Waals surface area (Å²) in [6, 6.07) is 13.1. The van der Waals surface area contributed by atoms with E-state index in [4.69, 9.17) is 0 Å². The first-order valence-electron chi connectivity index (χ1n) is 5.14. The number of carbonyl (C=O) groups is 2. The van der Waals surface area contributed by atoms with Gasteiger partial charge in [0.1, 0.15) is 0 Å². The molecule has 86 valence electrons. The third-order valence-electron chi connectivity index (χ3n) is 2.42. The molecule has 0 aromatic heterocycles. The van der Waals surface area contributed by atoms with Gasteiger partial charge in [0.2, 0.25) is 0 Å². The minimum absolute atomic E-state index is 0.119. The molecule has 0 radical (unpaired) electrons. The third kappa shape index (κ3) is 2.42. The summed E-state index contributed by atoms with van der Waals surface area (Å²) in [5.41, 5.74) is 0.567. The van der Waals surface area contributed by atoms with Crippen LogP contribution in [-0.4, -0.2) is 19.1 Å². The molecule has 0 aliphatic carbocycles. The molecule has 0 aliphatic heterocycles. The zero-order chi connectivity index (χ0) is 12.1. The highest BCUT2D eigenvalue weighted by Gasteiger charge is 2.08. The number of fused-ring (bicyclic) bond motifs is 1. The van der Waals surface area contributed by atoms with Crippen molar-refractivity contribution >= 4 is 23.2 Å². The van der Waals surface area contributed by atoms with Gasteiger partial charge < -0.3 is 10.1 Å². The van der Waals surface area contributed by atoms with Crippen molar-refractivity contribution in [2.75, 3.05) is 6.73 Å². The fourth-order valence-corrected chi connectivity index (χ4v) is 1.66. The van der Waals surface area contributed by atoms with Crippen LogP contribution in [-0.2, 0) is 9.53 Å². The molecule has 2 aromatic carbocycles. The molecule has 1 amide bonds. The SMILES string of the molecule is O=COCNC(=O)c1cccc2ccccc12. The molecule has 4 nitrogen and oxygen atoms in total. The maximum atomic E-state index is 11.8. The first-order valence-corrected chi connectivity index (χ1v) is 5.14. The molecule has 0 spiro atoms. The predicted molar refractivity (Wildman–Crippen MR) is 63.4 cm³/mol. The molecular formula is C13H11NO3. The van der Waals surface area contributed by atoms with Crippen LogP contribution in [0.5, 0.6) is 0 Å². The zero-order valence-corrected chi connectivity index (χ0v) is 9.05. The highest BCUT2D eigenvalue weighted by molar-refractivity contribution is 6.06. The summed E-state index contributed by atoms with van der Waals surface area (Å²) >= 11 is 0. The van der Waals surface area contributed by atoms with E-state index in [0.717, 1.165) is 10.8 Å². The molecule has 2 rings (SSSR count). The van der Waals surface area contributed by atoms with Gasteiger partial charge in [-0.1, -0.05) is 36.4 Å². The Morgan fingerprint density at radius 2 is 1.94 bits per heavy atom. The lowest BCUT2D eigenvalue weighted by Crippen LogP contribution is -2.25. The average molecular weight is 229 g/mol. The van der Waals surface area contributed by atoms with Gasteiger partial charge >= 0.3 is 0 Å².